The van der Waals surface area contributed by atoms with Gasteiger partial charge in [-0.3, -0.25) is 4.90 Å². The van der Waals surface area contributed by atoms with Crippen molar-refractivity contribution >= 4 is 5.97 Å². The molecule has 0 radical (unpaired) electrons. The number of carbonyl (C=O) groups is 1. The lowest BCUT2D eigenvalue weighted by Crippen LogP contribution is -2.37. The van der Waals surface area contributed by atoms with E-state index in [9.17, 15) is 4.79 Å². The van der Waals surface area contributed by atoms with Crippen LogP contribution in [0.2, 0.25) is 0 Å². The molecule has 1 unspecified atom stereocenters. The summed E-state index contributed by atoms with van der Waals surface area (Å²) in [5.41, 5.74) is 3.03. The first-order valence-corrected chi connectivity index (χ1v) is 10.1. The number of hydrogen-bond acceptors (Lipinski definition) is 3. The molecule has 0 spiro atoms. The molecular weight excluding hydrogens is 322 g/mol. The van der Waals surface area contributed by atoms with Crippen LogP contribution in [0.1, 0.15) is 89.2 Å². The average molecular weight is 360 g/mol. The van der Waals surface area contributed by atoms with Crippen LogP contribution >= 0.6 is 0 Å². The third kappa shape index (κ3) is 5.84. The summed E-state index contributed by atoms with van der Waals surface area (Å²) in [5, 5.41) is 0. The Labute approximate surface area is 160 Å². The summed E-state index contributed by atoms with van der Waals surface area (Å²) in [7, 11) is 0. The topological polar surface area (TPSA) is 29.5 Å². The van der Waals surface area contributed by atoms with E-state index in [2.05, 4.69) is 52.5 Å². The van der Waals surface area contributed by atoms with Crippen LogP contribution in [0.4, 0.5) is 0 Å². The van der Waals surface area contributed by atoms with Crippen LogP contribution in [0.15, 0.2) is 18.2 Å². The summed E-state index contributed by atoms with van der Waals surface area (Å²) < 4.78 is 5.79. The molecule has 1 aromatic carbocycles. The largest absolute Gasteiger partial charge is 0.458 e. The quantitative estimate of drug-likeness (QED) is 0.682. The maximum absolute atomic E-state index is 12.8. The van der Waals surface area contributed by atoms with Gasteiger partial charge >= 0.3 is 5.97 Å². The Morgan fingerprint density at radius 3 is 1.92 bits per heavy atom. The number of ether oxygens (including phenoxy) is 1. The minimum absolute atomic E-state index is 0.00426. The summed E-state index contributed by atoms with van der Waals surface area (Å²) in [6.07, 6.45) is 3.74. The van der Waals surface area contributed by atoms with Gasteiger partial charge in [0.15, 0.2) is 0 Å². The zero-order chi connectivity index (χ0) is 19.5. The van der Waals surface area contributed by atoms with E-state index in [1.54, 1.807) is 0 Å². The number of likely N-dealkylation sites (tertiary alicyclic amines) is 1. The fourth-order valence-electron chi connectivity index (χ4n) is 3.41. The Morgan fingerprint density at radius 1 is 0.962 bits per heavy atom. The van der Waals surface area contributed by atoms with Crippen molar-refractivity contribution in [3.05, 3.63) is 34.9 Å². The molecule has 0 aromatic heterocycles. The highest BCUT2D eigenvalue weighted by Crippen LogP contribution is 2.30. The van der Waals surface area contributed by atoms with Crippen LogP contribution in [0.5, 0.6) is 0 Å². The smallest absolute Gasteiger partial charge is 0.338 e. The minimum Gasteiger partial charge on any atom is -0.458 e. The van der Waals surface area contributed by atoms with Gasteiger partial charge in [0.05, 0.1) is 5.56 Å². The van der Waals surface area contributed by atoms with Gasteiger partial charge in [-0.05, 0) is 66.9 Å². The molecule has 3 heteroatoms. The van der Waals surface area contributed by atoms with E-state index in [-0.39, 0.29) is 22.9 Å². The van der Waals surface area contributed by atoms with Crippen molar-refractivity contribution in [3.63, 3.8) is 0 Å². The van der Waals surface area contributed by atoms with Crippen molar-refractivity contribution in [2.75, 3.05) is 19.6 Å². The second kappa shape index (κ2) is 8.12. The Balaban J connectivity index is 2.16. The van der Waals surface area contributed by atoms with Crippen LogP contribution in [0.3, 0.4) is 0 Å². The maximum Gasteiger partial charge on any atom is 0.338 e. The van der Waals surface area contributed by atoms with Gasteiger partial charge in [-0.25, -0.2) is 4.79 Å². The molecule has 146 valence electrons. The summed E-state index contributed by atoms with van der Waals surface area (Å²) in [6, 6.07) is 6.24. The first-order chi connectivity index (χ1) is 12.0. The highest BCUT2D eigenvalue weighted by atomic mass is 16.5. The van der Waals surface area contributed by atoms with Crippen LogP contribution in [-0.4, -0.2) is 36.6 Å². The normalized spacial score (nSPS) is 17.8. The van der Waals surface area contributed by atoms with Gasteiger partial charge in [-0.15, -0.1) is 0 Å². The van der Waals surface area contributed by atoms with Crippen LogP contribution in [0.25, 0.3) is 0 Å². The molecule has 1 heterocycles. The molecule has 0 amide bonds. The molecule has 1 aliphatic rings. The van der Waals surface area contributed by atoms with Crippen molar-refractivity contribution < 1.29 is 9.53 Å². The number of benzene rings is 1. The van der Waals surface area contributed by atoms with Crippen LogP contribution < -0.4 is 0 Å². The van der Waals surface area contributed by atoms with Gasteiger partial charge in [0.25, 0.3) is 0 Å². The minimum atomic E-state index is -0.203. The first-order valence-electron chi connectivity index (χ1n) is 10.1. The van der Waals surface area contributed by atoms with E-state index in [1.807, 2.05) is 19.1 Å². The van der Waals surface area contributed by atoms with Crippen LogP contribution in [-0.2, 0) is 15.6 Å². The van der Waals surface area contributed by atoms with Gasteiger partial charge in [0, 0.05) is 6.54 Å². The van der Waals surface area contributed by atoms with Crippen LogP contribution in [0, 0.1) is 0 Å². The predicted octanol–water partition coefficient (Wildman–Crippen LogP) is 5.31. The molecule has 0 saturated carbocycles. The molecule has 26 heavy (non-hydrogen) atoms. The number of esters is 1. The van der Waals surface area contributed by atoms with Gasteiger partial charge in [0.2, 0.25) is 0 Å². The first kappa shape index (κ1) is 21.0. The monoisotopic (exact) mass is 359 g/mol. The van der Waals surface area contributed by atoms with Gasteiger partial charge < -0.3 is 4.74 Å². The highest BCUT2D eigenvalue weighted by molar-refractivity contribution is 5.90. The Kier molecular flexibility index (Phi) is 6.55. The standard InChI is InChI=1S/C23H37NO2/c1-17(16-24-11-9-8-10-12-24)26-21(25)18-13-19(22(2,3)4)15-20(14-18)23(5,6)7/h13-15,17H,8-12,16H2,1-7H3. The van der Waals surface area contributed by atoms with E-state index >= 15 is 0 Å². The molecule has 0 bridgehead atoms. The second-order valence-electron chi connectivity index (χ2n) is 9.88. The molecule has 1 aromatic rings. The summed E-state index contributed by atoms with van der Waals surface area (Å²) in [5.74, 6) is -0.203. The van der Waals surface area contributed by atoms with Crippen molar-refractivity contribution in [1.29, 1.82) is 0 Å². The highest BCUT2D eigenvalue weighted by Gasteiger charge is 2.24. The molecular formula is C23H37NO2. The fourth-order valence-corrected chi connectivity index (χ4v) is 3.41. The molecule has 1 saturated heterocycles. The third-order valence-corrected chi connectivity index (χ3v) is 5.17. The maximum atomic E-state index is 12.8. The zero-order valence-electron chi connectivity index (χ0n) is 17.8. The van der Waals surface area contributed by atoms with Crippen molar-refractivity contribution in [2.24, 2.45) is 0 Å². The van der Waals surface area contributed by atoms with Crippen molar-refractivity contribution in [3.8, 4) is 0 Å². The predicted molar refractivity (Wildman–Crippen MR) is 109 cm³/mol. The van der Waals surface area contributed by atoms with E-state index in [1.165, 1.54) is 30.4 Å². The molecule has 2 rings (SSSR count). The fraction of sp³-hybridized carbons (Fsp3) is 0.696. The Bertz CT molecular complexity index is 584. The molecule has 1 atom stereocenters. The van der Waals surface area contributed by atoms with Crippen molar-refractivity contribution in [1.82, 2.24) is 4.90 Å². The second-order valence-corrected chi connectivity index (χ2v) is 9.88. The zero-order valence-corrected chi connectivity index (χ0v) is 17.8. The van der Waals surface area contributed by atoms with Gasteiger partial charge in [-0.2, -0.15) is 0 Å². The lowest BCUT2D eigenvalue weighted by molar-refractivity contribution is 0.0235. The molecule has 3 nitrogen and oxygen atoms in total. The molecule has 0 aliphatic carbocycles. The Morgan fingerprint density at radius 2 is 1.46 bits per heavy atom. The number of rotatable bonds is 4. The average Bonchev–Trinajstić information content (AvgIpc) is 2.53. The molecule has 0 N–H and O–H groups in total. The molecule has 1 aliphatic heterocycles. The number of nitrogens with zero attached hydrogens (tertiary/aromatic N) is 1. The lowest BCUT2D eigenvalue weighted by Gasteiger charge is -2.29. The number of carbonyl (C=O) groups excluding carboxylic acids is 1. The van der Waals surface area contributed by atoms with Crippen molar-refractivity contribution in [2.45, 2.75) is 84.7 Å². The summed E-state index contributed by atoms with van der Waals surface area (Å²) in [6.45, 7) is 18.2. The van der Waals surface area contributed by atoms with E-state index < -0.39 is 0 Å². The van der Waals surface area contributed by atoms with Gasteiger partial charge in [0.1, 0.15) is 6.10 Å². The van der Waals surface area contributed by atoms with E-state index in [0.29, 0.717) is 5.56 Å². The number of piperidine rings is 1. The Hall–Kier alpha value is -1.35. The lowest BCUT2D eigenvalue weighted by atomic mass is 9.79. The molecule has 1 fully saturated rings. The summed E-state index contributed by atoms with van der Waals surface area (Å²) >= 11 is 0. The third-order valence-electron chi connectivity index (χ3n) is 5.17. The number of hydrogen-bond donors (Lipinski definition) is 0. The summed E-state index contributed by atoms with van der Waals surface area (Å²) in [4.78, 5) is 15.2. The van der Waals surface area contributed by atoms with Gasteiger partial charge in [-0.1, -0.05) is 54.0 Å². The SMILES string of the molecule is CC(CN1CCCCC1)OC(=O)c1cc(C(C)(C)C)cc(C(C)(C)C)c1. The van der Waals surface area contributed by atoms with E-state index in [0.717, 1.165) is 19.6 Å². The van der Waals surface area contributed by atoms with E-state index in [4.69, 9.17) is 4.74 Å².